The number of rotatable bonds is 10. The van der Waals surface area contributed by atoms with Crippen molar-refractivity contribution in [3.05, 3.63) is 0 Å². The maximum Gasteiger partial charge on any atom is 0.323 e. The van der Waals surface area contributed by atoms with Gasteiger partial charge in [0.15, 0.2) is 0 Å². The zero-order valence-corrected chi connectivity index (χ0v) is 12.9. The number of carboxylic acids is 1. The van der Waals surface area contributed by atoms with Gasteiger partial charge in [0.2, 0.25) is 0 Å². The van der Waals surface area contributed by atoms with Crippen LogP contribution < -0.4 is 5.32 Å². The van der Waals surface area contributed by atoms with Crippen LogP contribution in [-0.2, 0) is 4.79 Å². The fourth-order valence-electron chi connectivity index (χ4n) is 2.23. The molecule has 0 spiro atoms. The number of hydrogen-bond acceptors (Lipinski definition) is 3. The summed E-state index contributed by atoms with van der Waals surface area (Å²) in [6.45, 7) is 11.0. The predicted molar refractivity (Wildman–Crippen MR) is 78.4 cm³/mol. The summed E-state index contributed by atoms with van der Waals surface area (Å²) in [5, 5.41) is 12.6. The van der Waals surface area contributed by atoms with E-state index in [1.807, 2.05) is 0 Å². The third-order valence-electron chi connectivity index (χ3n) is 4.06. The number of nitrogens with one attached hydrogen (secondary N) is 1. The molecular formula is C15H30N2O2. The molecule has 4 heteroatoms. The molecule has 0 aromatic heterocycles. The van der Waals surface area contributed by atoms with Gasteiger partial charge in [0.25, 0.3) is 0 Å². The molecule has 1 unspecified atom stereocenters. The van der Waals surface area contributed by atoms with Crippen molar-refractivity contribution in [2.45, 2.75) is 65.0 Å². The number of hydrogen-bond donors (Lipinski definition) is 2. The van der Waals surface area contributed by atoms with E-state index in [1.54, 1.807) is 6.92 Å². The number of nitrogens with zero attached hydrogens (tertiary/aromatic N) is 1. The van der Waals surface area contributed by atoms with Crippen molar-refractivity contribution in [2.75, 3.05) is 19.6 Å². The van der Waals surface area contributed by atoms with Gasteiger partial charge < -0.3 is 15.3 Å². The van der Waals surface area contributed by atoms with E-state index in [1.165, 1.54) is 12.8 Å². The molecule has 1 aliphatic rings. The molecule has 1 aliphatic carbocycles. The maximum atomic E-state index is 11.5. The van der Waals surface area contributed by atoms with E-state index >= 15 is 0 Å². The van der Waals surface area contributed by atoms with Crippen molar-refractivity contribution < 1.29 is 9.90 Å². The van der Waals surface area contributed by atoms with Gasteiger partial charge >= 0.3 is 5.97 Å². The van der Waals surface area contributed by atoms with E-state index in [-0.39, 0.29) is 0 Å². The van der Waals surface area contributed by atoms with Crippen molar-refractivity contribution in [1.82, 2.24) is 10.2 Å². The highest BCUT2D eigenvalue weighted by Crippen LogP contribution is 2.30. The van der Waals surface area contributed by atoms with E-state index in [4.69, 9.17) is 0 Å². The Morgan fingerprint density at radius 3 is 2.53 bits per heavy atom. The third kappa shape index (κ3) is 5.49. The van der Waals surface area contributed by atoms with Gasteiger partial charge in [-0.1, -0.05) is 6.92 Å². The minimum absolute atomic E-state index is 0.491. The molecule has 0 bridgehead atoms. The quantitative estimate of drug-likeness (QED) is 0.640. The van der Waals surface area contributed by atoms with Crippen LogP contribution in [0.4, 0.5) is 0 Å². The lowest BCUT2D eigenvalue weighted by Gasteiger charge is -2.32. The molecule has 0 aromatic carbocycles. The predicted octanol–water partition coefficient (Wildman–Crippen LogP) is 2.34. The van der Waals surface area contributed by atoms with E-state index < -0.39 is 11.5 Å². The summed E-state index contributed by atoms with van der Waals surface area (Å²) in [5.74, 6) is 0.109. The summed E-state index contributed by atoms with van der Waals surface area (Å²) in [6, 6.07) is 0.491. The summed E-state index contributed by atoms with van der Waals surface area (Å²) in [7, 11) is 0. The van der Waals surface area contributed by atoms with Gasteiger partial charge in [-0.3, -0.25) is 4.79 Å². The first-order valence-electron chi connectivity index (χ1n) is 7.61. The largest absolute Gasteiger partial charge is 0.480 e. The summed E-state index contributed by atoms with van der Waals surface area (Å²) in [6.07, 6.45) is 4.30. The number of carboxylic acid groups (broad SMARTS) is 1. The number of carbonyl (C=O) groups is 1. The van der Waals surface area contributed by atoms with Crippen LogP contribution in [0.15, 0.2) is 0 Å². The molecule has 0 aliphatic heterocycles. The van der Waals surface area contributed by atoms with Crippen molar-refractivity contribution in [1.29, 1.82) is 0 Å². The highest BCUT2D eigenvalue weighted by atomic mass is 16.4. The second kappa shape index (κ2) is 7.25. The zero-order valence-electron chi connectivity index (χ0n) is 12.9. The lowest BCUT2D eigenvalue weighted by atomic mass is 9.97. The monoisotopic (exact) mass is 270 g/mol. The van der Waals surface area contributed by atoms with Gasteiger partial charge in [-0.05, 0) is 58.9 Å². The molecule has 1 atom stereocenters. The first-order valence-corrected chi connectivity index (χ1v) is 7.61. The van der Waals surface area contributed by atoms with Crippen LogP contribution in [0.3, 0.4) is 0 Å². The normalized spacial score (nSPS) is 18.8. The Kier molecular flexibility index (Phi) is 6.27. The van der Waals surface area contributed by atoms with E-state index in [2.05, 4.69) is 31.0 Å². The first kappa shape index (κ1) is 16.4. The molecule has 4 nitrogen and oxygen atoms in total. The summed E-state index contributed by atoms with van der Waals surface area (Å²) in [5.41, 5.74) is -0.799. The molecule has 0 radical (unpaired) electrons. The fraction of sp³-hybridized carbons (Fsp3) is 0.933. The SMILES string of the molecule is CCCNC(C)(CCN(CC1CC1)C(C)C)C(=O)O. The van der Waals surface area contributed by atoms with E-state index in [0.717, 1.165) is 32.0 Å². The lowest BCUT2D eigenvalue weighted by Crippen LogP contribution is -2.52. The van der Waals surface area contributed by atoms with Crippen LogP contribution in [0.5, 0.6) is 0 Å². The molecule has 2 N–H and O–H groups in total. The van der Waals surface area contributed by atoms with Gasteiger partial charge in [-0.25, -0.2) is 0 Å². The molecule has 0 amide bonds. The Hall–Kier alpha value is -0.610. The fourth-order valence-corrected chi connectivity index (χ4v) is 2.23. The molecule has 1 saturated carbocycles. The molecule has 1 rings (SSSR count). The van der Waals surface area contributed by atoms with Gasteiger partial charge in [0.1, 0.15) is 5.54 Å². The van der Waals surface area contributed by atoms with Gasteiger partial charge in [-0.2, -0.15) is 0 Å². The van der Waals surface area contributed by atoms with Gasteiger partial charge in [0, 0.05) is 19.1 Å². The van der Waals surface area contributed by atoms with Crippen LogP contribution in [0.1, 0.15) is 53.4 Å². The average molecular weight is 270 g/mol. The molecule has 0 aromatic rings. The molecule has 112 valence electrons. The molecule has 1 fully saturated rings. The minimum Gasteiger partial charge on any atom is -0.480 e. The Balaban J connectivity index is 2.49. The van der Waals surface area contributed by atoms with Crippen LogP contribution in [0, 0.1) is 5.92 Å². The average Bonchev–Trinajstić information content (AvgIpc) is 3.15. The van der Waals surface area contributed by atoms with Crippen LogP contribution in [0.2, 0.25) is 0 Å². The maximum absolute atomic E-state index is 11.5. The van der Waals surface area contributed by atoms with Gasteiger partial charge in [-0.15, -0.1) is 0 Å². The Labute approximate surface area is 117 Å². The van der Waals surface area contributed by atoms with Crippen LogP contribution in [0.25, 0.3) is 0 Å². The summed E-state index contributed by atoms with van der Waals surface area (Å²) < 4.78 is 0. The minimum atomic E-state index is -0.799. The Bertz CT molecular complexity index is 290. The Morgan fingerprint density at radius 2 is 2.11 bits per heavy atom. The molecule has 0 saturated heterocycles. The van der Waals surface area contributed by atoms with Crippen LogP contribution >= 0.6 is 0 Å². The van der Waals surface area contributed by atoms with Crippen molar-refractivity contribution in [3.8, 4) is 0 Å². The van der Waals surface area contributed by atoms with Crippen LogP contribution in [-0.4, -0.2) is 47.2 Å². The zero-order chi connectivity index (χ0) is 14.5. The summed E-state index contributed by atoms with van der Waals surface area (Å²) in [4.78, 5) is 13.9. The summed E-state index contributed by atoms with van der Waals surface area (Å²) >= 11 is 0. The third-order valence-corrected chi connectivity index (χ3v) is 4.06. The first-order chi connectivity index (χ1) is 8.89. The topological polar surface area (TPSA) is 52.6 Å². The Morgan fingerprint density at radius 1 is 1.47 bits per heavy atom. The standard InChI is InChI=1S/C15H30N2O2/c1-5-9-16-15(4,14(18)19)8-10-17(12(2)3)11-13-6-7-13/h12-13,16H,5-11H2,1-4H3,(H,18,19). The van der Waals surface area contributed by atoms with E-state index in [0.29, 0.717) is 12.5 Å². The van der Waals surface area contributed by atoms with E-state index in [9.17, 15) is 9.90 Å². The highest BCUT2D eigenvalue weighted by molar-refractivity contribution is 5.78. The van der Waals surface area contributed by atoms with Crippen molar-refractivity contribution in [2.24, 2.45) is 5.92 Å². The van der Waals surface area contributed by atoms with Gasteiger partial charge in [0.05, 0.1) is 0 Å². The lowest BCUT2D eigenvalue weighted by molar-refractivity contribution is -0.144. The second-order valence-electron chi connectivity index (χ2n) is 6.35. The van der Waals surface area contributed by atoms with Crippen molar-refractivity contribution >= 4 is 5.97 Å². The molecule has 0 heterocycles. The molecule has 19 heavy (non-hydrogen) atoms. The highest BCUT2D eigenvalue weighted by Gasteiger charge is 2.33. The second-order valence-corrected chi connectivity index (χ2v) is 6.35. The number of aliphatic carboxylic acids is 1. The smallest absolute Gasteiger partial charge is 0.323 e. The molecular weight excluding hydrogens is 240 g/mol. The van der Waals surface area contributed by atoms with Crippen molar-refractivity contribution in [3.63, 3.8) is 0 Å².